The van der Waals surface area contributed by atoms with Crippen molar-refractivity contribution in [2.45, 2.75) is 33.1 Å². The molecule has 1 aliphatic heterocycles. The van der Waals surface area contributed by atoms with Crippen LogP contribution in [0.4, 0.5) is 0 Å². The maximum Gasteiger partial charge on any atom is 0.306 e. The van der Waals surface area contributed by atoms with Crippen molar-refractivity contribution in [1.29, 1.82) is 0 Å². The molecule has 0 aromatic carbocycles. The molecular formula is C12H24N2O4S. The molecular weight excluding hydrogens is 268 g/mol. The smallest absolute Gasteiger partial charge is 0.306 e. The van der Waals surface area contributed by atoms with Gasteiger partial charge in [-0.1, -0.05) is 13.8 Å². The number of methoxy groups -OCH3 is 1. The van der Waals surface area contributed by atoms with Crippen LogP contribution in [0.2, 0.25) is 0 Å². The lowest BCUT2D eigenvalue weighted by molar-refractivity contribution is -0.140. The van der Waals surface area contributed by atoms with Gasteiger partial charge in [0.15, 0.2) is 0 Å². The third kappa shape index (κ3) is 4.43. The standard InChI is InChI=1S/C12H24N2O4S/c1-12(2)6-9-14(10-7-12)19(16,17)13(3)8-5-11(15)18-4/h5-10H2,1-4H3. The molecule has 1 fully saturated rings. The van der Waals surface area contributed by atoms with E-state index in [4.69, 9.17) is 0 Å². The van der Waals surface area contributed by atoms with Gasteiger partial charge < -0.3 is 4.74 Å². The Kier molecular flexibility index (Phi) is 5.34. The Morgan fingerprint density at radius 2 is 1.84 bits per heavy atom. The quantitative estimate of drug-likeness (QED) is 0.705. The molecule has 0 unspecified atom stereocenters. The molecule has 0 spiro atoms. The maximum absolute atomic E-state index is 12.3. The Balaban J connectivity index is 2.58. The van der Waals surface area contributed by atoms with Crippen LogP contribution in [0.15, 0.2) is 0 Å². The van der Waals surface area contributed by atoms with Gasteiger partial charge in [0.1, 0.15) is 0 Å². The topological polar surface area (TPSA) is 66.9 Å². The van der Waals surface area contributed by atoms with Gasteiger partial charge in [-0.2, -0.15) is 17.0 Å². The van der Waals surface area contributed by atoms with E-state index in [0.29, 0.717) is 13.1 Å². The van der Waals surface area contributed by atoms with Crippen molar-refractivity contribution in [2.24, 2.45) is 5.41 Å². The van der Waals surface area contributed by atoms with Crippen LogP contribution < -0.4 is 0 Å². The predicted molar refractivity (Wildman–Crippen MR) is 72.8 cm³/mol. The highest BCUT2D eigenvalue weighted by Crippen LogP contribution is 2.31. The lowest BCUT2D eigenvalue weighted by Gasteiger charge is -2.37. The van der Waals surface area contributed by atoms with Crippen LogP contribution >= 0.6 is 0 Å². The number of carbonyl (C=O) groups excluding carboxylic acids is 1. The van der Waals surface area contributed by atoms with Crippen molar-refractivity contribution in [3.05, 3.63) is 0 Å². The van der Waals surface area contributed by atoms with E-state index in [9.17, 15) is 13.2 Å². The van der Waals surface area contributed by atoms with Crippen molar-refractivity contribution in [3.8, 4) is 0 Å². The average Bonchev–Trinajstić information content (AvgIpc) is 2.34. The first kappa shape index (κ1) is 16.4. The lowest BCUT2D eigenvalue weighted by atomic mass is 9.83. The van der Waals surface area contributed by atoms with Crippen molar-refractivity contribution in [3.63, 3.8) is 0 Å². The fraction of sp³-hybridized carbons (Fsp3) is 0.917. The zero-order valence-electron chi connectivity index (χ0n) is 12.2. The van der Waals surface area contributed by atoms with Gasteiger partial charge in [-0.3, -0.25) is 4.79 Å². The molecule has 1 saturated heterocycles. The van der Waals surface area contributed by atoms with Gasteiger partial charge in [-0.05, 0) is 18.3 Å². The molecule has 112 valence electrons. The number of rotatable bonds is 5. The zero-order chi connectivity index (χ0) is 14.7. The summed E-state index contributed by atoms with van der Waals surface area (Å²) < 4.78 is 31.8. The molecule has 1 heterocycles. The Bertz CT molecular complexity index is 409. The van der Waals surface area contributed by atoms with Crippen molar-refractivity contribution >= 4 is 16.2 Å². The van der Waals surface area contributed by atoms with Crippen molar-refractivity contribution in [1.82, 2.24) is 8.61 Å². The minimum atomic E-state index is -3.46. The normalized spacial score (nSPS) is 20.5. The van der Waals surface area contributed by atoms with Crippen molar-refractivity contribution < 1.29 is 17.9 Å². The van der Waals surface area contributed by atoms with Gasteiger partial charge in [0, 0.05) is 26.7 Å². The fourth-order valence-electron chi connectivity index (χ4n) is 1.99. The second kappa shape index (κ2) is 6.19. The Morgan fingerprint density at radius 3 is 2.32 bits per heavy atom. The number of carbonyl (C=O) groups is 1. The molecule has 0 bridgehead atoms. The molecule has 7 heteroatoms. The van der Waals surface area contributed by atoms with Gasteiger partial charge in [0.25, 0.3) is 10.2 Å². The Hall–Kier alpha value is -0.660. The van der Waals surface area contributed by atoms with Crippen LogP contribution in [0.3, 0.4) is 0 Å². The van der Waals surface area contributed by atoms with E-state index in [1.807, 2.05) is 0 Å². The van der Waals surface area contributed by atoms with E-state index >= 15 is 0 Å². The average molecular weight is 292 g/mol. The summed E-state index contributed by atoms with van der Waals surface area (Å²) in [5.41, 5.74) is 0.205. The minimum absolute atomic E-state index is 0.0750. The second-order valence-electron chi connectivity index (χ2n) is 5.72. The summed E-state index contributed by atoms with van der Waals surface area (Å²) in [6, 6.07) is 0. The van der Waals surface area contributed by atoms with E-state index in [-0.39, 0.29) is 18.4 Å². The number of hydrogen-bond acceptors (Lipinski definition) is 4. The van der Waals surface area contributed by atoms with Crippen LogP contribution in [-0.2, 0) is 19.7 Å². The van der Waals surface area contributed by atoms with Crippen LogP contribution in [0.5, 0.6) is 0 Å². The molecule has 0 radical (unpaired) electrons. The predicted octanol–water partition coefficient (Wildman–Crippen LogP) is 0.848. The first-order chi connectivity index (χ1) is 8.69. The molecule has 0 saturated carbocycles. The van der Waals surface area contributed by atoms with Crippen molar-refractivity contribution in [2.75, 3.05) is 33.8 Å². The number of piperidine rings is 1. The number of nitrogens with zero attached hydrogens (tertiary/aromatic N) is 2. The first-order valence-corrected chi connectivity index (χ1v) is 7.87. The molecule has 6 nitrogen and oxygen atoms in total. The highest BCUT2D eigenvalue weighted by molar-refractivity contribution is 7.86. The molecule has 0 aromatic rings. The summed E-state index contributed by atoms with van der Waals surface area (Å²) >= 11 is 0. The number of esters is 1. The highest BCUT2D eigenvalue weighted by atomic mass is 32.2. The minimum Gasteiger partial charge on any atom is -0.469 e. The van der Waals surface area contributed by atoms with E-state index in [2.05, 4.69) is 18.6 Å². The van der Waals surface area contributed by atoms with Crippen LogP contribution in [0.1, 0.15) is 33.1 Å². The summed E-state index contributed by atoms with van der Waals surface area (Å²) in [6.45, 7) is 5.53. The summed E-state index contributed by atoms with van der Waals surface area (Å²) in [4.78, 5) is 11.0. The molecule has 1 aliphatic rings. The molecule has 0 aliphatic carbocycles. The molecule has 0 amide bonds. The van der Waals surface area contributed by atoms with Crippen LogP contribution in [0.25, 0.3) is 0 Å². The van der Waals surface area contributed by atoms with Gasteiger partial charge in [-0.15, -0.1) is 0 Å². The SMILES string of the molecule is COC(=O)CCN(C)S(=O)(=O)N1CCC(C)(C)CC1. The van der Waals surface area contributed by atoms with Crippen LogP contribution in [0, 0.1) is 5.41 Å². The largest absolute Gasteiger partial charge is 0.469 e. The monoisotopic (exact) mass is 292 g/mol. The molecule has 19 heavy (non-hydrogen) atoms. The lowest BCUT2D eigenvalue weighted by Crippen LogP contribution is -2.47. The van der Waals surface area contributed by atoms with Gasteiger partial charge in [0.2, 0.25) is 0 Å². The fourth-order valence-corrected chi connectivity index (χ4v) is 3.35. The molecule has 0 atom stereocenters. The van der Waals surface area contributed by atoms with Gasteiger partial charge in [0.05, 0.1) is 13.5 Å². The molecule has 0 aromatic heterocycles. The Labute approximate surface area is 115 Å². The number of hydrogen-bond donors (Lipinski definition) is 0. The van der Waals surface area contributed by atoms with Gasteiger partial charge >= 0.3 is 5.97 Å². The summed E-state index contributed by atoms with van der Waals surface area (Å²) in [5.74, 6) is -0.401. The zero-order valence-corrected chi connectivity index (χ0v) is 13.0. The third-order valence-corrected chi connectivity index (χ3v) is 5.64. The molecule has 1 rings (SSSR count). The summed E-state index contributed by atoms with van der Waals surface area (Å²) in [5, 5.41) is 0. The van der Waals surface area contributed by atoms with Gasteiger partial charge in [-0.25, -0.2) is 0 Å². The summed E-state index contributed by atoms with van der Waals surface area (Å²) in [6.07, 6.45) is 1.79. The first-order valence-electron chi connectivity index (χ1n) is 6.47. The third-order valence-electron chi connectivity index (χ3n) is 3.65. The Morgan fingerprint density at radius 1 is 1.32 bits per heavy atom. The van der Waals surface area contributed by atoms with E-state index < -0.39 is 16.2 Å². The van der Waals surface area contributed by atoms with E-state index in [1.165, 1.54) is 22.8 Å². The maximum atomic E-state index is 12.3. The highest BCUT2D eigenvalue weighted by Gasteiger charge is 2.33. The van der Waals surface area contributed by atoms with E-state index in [0.717, 1.165) is 12.8 Å². The van der Waals surface area contributed by atoms with Crippen LogP contribution in [-0.4, -0.2) is 56.8 Å². The molecule has 0 N–H and O–H groups in total. The summed E-state index contributed by atoms with van der Waals surface area (Å²) in [7, 11) is -0.664. The van der Waals surface area contributed by atoms with E-state index in [1.54, 1.807) is 0 Å². The number of ether oxygens (including phenoxy) is 1. The second-order valence-corrected chi connectivity index (χ2v) is 7.75.